The van der Waals surface area contributed by atoms with E-state index in [9.17, 15) is 4.79 Å². The highest BCUT2D eigenvalue weighted by molar-refractivity contribution is 6.30. The molecule has 1 aliphatic rings. The quantitative estimate of drug-likeness (QED) is 0.782. The van der Waals surface area contributed by atoms with Gasteiger partial charge in [-0.2, -0.15) is 0 Å². The zero-order valence-corrected chi connectivity index (χ0v) is 11.1. The van der Waals surface area contributed by atoms with E-state index in [4.69, 9.17) is 11.6 Å². The average Bonchev–Trinajstić information content (AvgIpc) is 2.39. The average molecular weight is 265 g/mol. The molecule has 1 heterocycles. The molecule has 0 atom stereocenters. The summed E-state index contributed by atoms with van der Waals surface area (Å²) in [7, 11) is 0. The van der Waals surface area contributed by atoms with Crippen molar-refractivity contribution in [1.29, 1.82) is 0 Å². The number of piperazine rings is 1. The van der Waals surface area contributed by atoms with Gasteiger partial charge in [0.2, 0.25) is 5.91 Å². The van der Waals surface area contributed by atoms with Crippen LogP contribution in [0.2, 0.25) is 5.02 Å². The molecular weight excluding hydrogens is 248 g/mol. The summed E-state index contributed by atoms with van der Waals surface area (Å²) in [5.41, 5.74) is 1.21. The Kier molecular flexibility index (Phi) is 4.39. The summed E-state index contributed by atoms with van der Waals surface area (Å²) in [6, 6.07) is 7.91. The van der Waals surface area contributed by atoms with Crippen molar-refractivity contribution in [2.24, 2.45) is 0 Å². The van der Waals surface area contributed by atoms with Crippen molar-refractivity contribution < 1.29 is 4.79 Å². The molecule has 18 heavy (non-hydrogen) atoms. The number of carbonyl (C=O) groups excluding carboxylic acids is 1. The topological polar surface area (TPSA) is 23.6 Å². The van der Waals surface area contributed by atoms with Gasteiger partial charge in [0.25, 0.3) is 0 Å². The molecule has 0 saturated carbocycles. The summed E-state index contributed by atoms with van der Waals surface area (Å²) in [4.78, 5) is 15.6. The Labute approximate surface area is 113 Å². The number of halogens is 1. The normalized spacial score (nSPS) is 16.6. The summed E-state index contributed by atoms with van der Waals surface area (Å²) in [6.07, 6.45) is 1.38. The summed E-state index contributed by atoms with van der Waals surface area (Å²) >= 11 is 5.96. The molecule has 0 radical (unpaired) electrons. The zero-order valence-electron chi connectivity index (χ0n) is 10.3. The Morgan fingerprint density at radius 2 is 2.06 bits per heavy atom. The molecule has 0 bridgehead atoms. The van der Waals surface area contributed by atoms with E-state index < -0.39 is 0 Å². The Balaban J connectivity index is 1.87. The number of carbonyl (C=O) groups is 1. The summed E-state index contributed by atoms with van der Waals surface area (Å²) in [5.74, 6) is 0.0254. The van der Waals surface area contributed by atoms with Gasteiger partial charge in [0.05, 0.1) is 0 Å². The molecule has 0 aliphatic carbocycles. The molecule has 4 heteroatoms. The van der Waals surface area contributed by atoms with Crippen LogP contribution in [0.25, 0.3) is 0 Å². The van der Waals surface area contributed by atoms with Crippen LogP contribution >= 0.6 is 11.6 Å². The number of benzene rings is 1. The van der Waals surface area contributed by atoms with E-state index in [0.29, 0.717) is 0 Å². The lowest BCUT2D eigenvalue weighted by atomic mass is 10.2. The van der Waals surface area contributed by atoms with E-state index in [1.165, 1.54) is 11.6 Å². The Morgan fingerprint density at radius 3 is 2.67 bits per heavy atom. The van der Waals surface area contributed by atoms with Crippen LogP contribution in [0.3, 0.4) is 0 Å². The first kappa shape index (κ1) is 13.1. The summed E-state index contributed by atoms with van der Waals surface area (Å²) in [5, 5.41) is 0.771. The number of hydrogen-bond acceptors (Lipinski definition) is 2. The molecule has 1 fully saturated rings. The molecule has 1 saturated heterocycles. The van der Waals surface area contributed by atoms with Crippen molar-refractivity contribution in [2.45, 2.75) is 6.54 Å². The molecule has 2 rings (SSSR count). The fourth-order valence-electron chi connectivity index (χ4n) is 2.15. The van der Waals surface area contributed by atoms with Crippen molar-refractivity contribution in [3.05, 3.63) is 47.5 Å². The molecule has 0 N–H and O–H groups in total. The van der Waals surface area contributed by atoms with Gasteiger partial charge >= 0.3 is 0 Å². The van der Waals surface area contributed by atoms with Gasteiger partial charge in [-0.25, -0.2) is 0 Å². The smallest absolute Gasteiger partial charge is 0.246 e. The van der Waals surface area contributed by atoms with Crippen LogP contribution in [0.5, 0.6) is 0 Å². The Morgan fingerprint density at radius 1 is 1.33 bits per heavy atom. The van der Waals surface area contributed by atoms with Gasteiger partial charge in [-0.15, -0.1) is 0 Å². The van der Waals surface area contributed by atoms with Gasteiger partial charge in [0.15, 0.2) is 0 Å². The van der Waals surface area contributed by atoms with Crippen molar-refractivity contribution in [2.75, 3.05) is 26.2 Å². The Hall–Kier alpha value is -1.32. The number of rotatable bonds is 3. The fourth-order valence-corrected chi connectivity index (χ4v) is 2.36. The van der Waals surface area contributed by atoms with E-state index >= 15 is 0 Å². The molecule has 96 valence electrons. The van der Waals surface area contributed by atoms with E-state index in [1.807, 2.05) is 23.1 Å². The van der Waals surface area contributed by atoms with Crippen LogP contribution in [-0.4, -0.2) is 41.9 Å². The van der Waals surface area contributed by atoms with Crippen LogP contribution in [0.1, 0.15) is 5.56 Å². The lowest BCUT2D eigenvalue weighted by molar-refractivity contribution is -0.127. The zero-order chi connectivity index (χ0) is 13.0. The third-order valence-electron chi connectivity index (χ3n) is 3.15. The first-order valence-corrected chi connectivity index (χ1v) is 6.45. The van der Waals surface area contributed by atoms with Crippen LogP contribution in [0, 0.1) is 0 Å². The van der Waals surface area contributed by atoms with E-state index in [1.54, 1.807) is 0 Å². The van der Waals surface area contributed by atoms with Gasteiger partial charge in [-0.05, 0) is 23.8 Å². The second-order valence-electron chi connectivity index (χ2n) is 4.44. The molecule has 1 aliphatic heterocycles. The van der Waals surface area contributed by atoms with Gasteiger partial charge < -0.3 is 4.90 Å². The SMILES string of the molecule is C=CC(=O)N1CCN(Cc2cccc(Cl)c2)CC1. The third-order valence-corrected chi connectivity index (χ3v) is 3.39. The monoisotopic (exact) mass is 264 g/mol. The highest BCUT2D eigenvalue weighted by atomic mass is 35.5. The van der Waals surface area contributed by atoms with Gasteiger partial charge in [-0.1, -0.05) is 30.3 Å². The molecule has 3 nitrogen and oxygen atoms in total. The third kappa shape index (κ3) is 3.34. The van der Waals surface area contributed by atoms with Crippen molar-refractivity contribution in [3.8, 4) is 0 Å². The van der Waals surface area contributed by atoms with Crippen molar-refractivity contribution in [1.82, 2.24) is 9.80 Å². The van der Waals surface area contributed by atoms with Gasteiger partial charge in [0, 0.05) is 37.7 Å². The maximum Gasteiger partial charge on any atom is 0.246 e. The van der Waals surface area contributed by atoms with Crippen LogP contribution in [0.15, 0.2) is 36.9 Å². The highest BCUT2D eigenvalue weighted by Crippen LogP contribution is 2.14. The number of amides is 1. The molecular formula is C14H17ClN2O. The number of hydrogen-bond donors (Lipinski definition) is 0. The summed E-state index contributed by atoms with van der Waals surface area (Å²) < 4.78 is 0. The van der Waals surface area contributed by atoms with Crippen LogP contribution < -0.4 is 0 Å². The first-order valence-electron chi connectivity index (χ1n) is 6.07. The van der Waals surface area contributed by atoms with Crippen molar-refractivity contribution in [3.63, 3.8) is 0 Å². The minimum atomic E-state index is 0.0254. The van der Waals surface area contributed by atoms with E-state index in [2.05, 4.69) is 17.5 Å². The minimum absolute atomic E-state index is 0.0254. The Bertz CT molecular complexity index is 439. The standard InChI is InChI=1S/C14H17ClN2O/c1-2-14(18)17-8-6-16(7-9-17)11-12-4-3-5-13(15)10-12/h2-5,10H,1,6-9,11H2. The molecule has 0 unspecified atom stereocenters. The molecule has 0 spiro atoms. The summed E-state index contributed by atoms with van der Waals surface area (Å²) in [6.45, 7) is 7.73. The van der Waals surface area contributed by atoms with Gasteiger partial charge in [0.1, 0.15) is 0 Å². The van der Waals surface area contributed by atoms with Gasteiger partial charge in [-0.3, -0.25) is 9.69 Å². The number of nitrogens with zero attached hydrogens (tertiary/aromatic N) is 2. The van der Waals surface area contributed by atoms with Crippen LogP contribution in [0.4, 0.5) is 0 Å². The predicted octanol–water partition coefficient (Wildman–Crippen LogP) is 2.17. The molecule has 0 aromatic heterocycles. The molecule has 1 aromatic carbocycles. The lowest BCUT2D eigenvalue weighted by Crippen LogP contribution is -2.47. The maximum atomic E-state index is 11.4. The van der Waals surface area contributed by atoms with Crippen LogP contribution in [-0.2, 0) is 11.3 Å². The predicted molar refractivity (Wildman–Crippen MR) is 73.5 cm³/mol. The minimum Gasteiger partial charge on any atom is -0.337 e. The second-order valence-corrected chi connectivity index (χ2v) is 4.87. The largest absolute Gasteiger partial charge is 0.337 e. The first-order chi connectivity index (χ1) is 8.69. The second kappa shape index (κ2) is 6.03. The van der Waals surface area contributed by atoms with E-state index in [0.717, 1.165) is 37.7 Å². The van der Waals surface area contributed by atoms with Crippen molar-refractivity contribution >= 4 is 17.5 Å². The molecule has 1 amide bonds. The molecule has 1 aromatic rings. The maximum absolute atomic E-state index is 11.4. The fraction of sp³-hybridized carbons (Fsp3) is 0.357. The lowest BCUT2D eigenvalue weighted by Gasteiger charge is -2.34. The highest BCUT2D eigenvalue weighted by Gasteiger charge is 2.19. The van der Waals surface area contributed by atoms with E-state index in [-0.39, 0.29) is 5.91 Å².